The Kier molecular flexibility index (Phi) is 9.21. The van der Waals surface area contributed by atoms with Crippen LogP contribution in [0.1, 0.15) is 24.5 Å². The summed E-state index contributed by atoms with van der Waals surface area (Å²) in [5.74, 6) is -2.35. The Balaban J connectivity index is 2.18. The molecule has 0 radical (unpaired) electrons. The van der Waals surface area contributed by atoms with Crippen molar-refractivity contribution in [2.45, 2.75) is 30.4 Å². The molecule has 0 N–H and O–H groups in total. The summed E-state index contributed by atoms with van der Waals surface area (Å²) in [5.41, 5.74) is 1.74. The van der Waals surface area contributed by atoms with Crippen LogP contribution in [0.4, 0.5) is 0 Å². The Morgan fingerprint density at radius 2 is 1.45 bits per heavy atom. The van der Waals surface area contributed by atoms with Crippen LogP contribution >= 0.6 is 0 Å². The Hall–Kier alpha value is -3.19. The van der Waals surface area contributed by atoms with E-state index in [0.29, 0.717) is 0 Å². The molecule has 0 spiro atoms. The third-order valence-electron chi connectivity index (χ3n) is 4.24. The molecule has 0 amide bonds. The third kappa shape index (κ3) is 7.22. The van der Waals surface area contributed by atoms with Gasteiger partial charge in [-0.1, -0.05) is 73.2 Å². The van der Waals surface area contributed by atoms with E-state index < -0.39 is 27.0 Å². The number of ether oxygens (including phenoxy) is 2. The topological polar surface area (TPSA) is 86.7 Å². The van der Waals surface area contributed by atoms with Crippen molar-refractivity contribution in [3.63, 3.8) is 0 Å². The van der Waals surface area contributed by atoms with Crippen molar-refractivity contribution >= 4 is 27.9 Å². The molecular weight excluding hydrogens is 416 g/mol. The van der Waals surface area contributed by atoms with E-state index in [9.17, 15) is 18.0 Å². The lowest BCUT2D eigenvalue weighted by Crippen LogP contribution is -2.40. The summed E-state index contributed by atoms with van der Waals surface area (Å²) in [6.45, 7) is 3.39. The molecule has 0 aromatic heterocycles. The van der Waals surface area contributed by atoms with Crippen molar-refractivity contribution < 1.29 is 27.5 Å². The number of allylic oxidation sites excluding steroid dienone is 1. The van der Waals surface area contributed by atoms with E-state index in [0.717, 1.165) is 17.5 Å². The highest BCUT2D eigenvalue weighted by Gasteiger charge is 2.43. The molecule has 2 aromatic carbocycles. The van der Waals surface area contributed by atoms with Crippen LogP contribution in [0.25, 0.3) is 6.08 Å². The van der Waals surface area contributed by atoms with Gasteiger partial charge in [0.1, 0.15) is 13.2 Å². The first-order chi connectivity index (χ1) is 14.9. The molecule has 31 heavy (non-hydrogen) atoms. The minimum absolute atomic E-state index is 0.131. The highest BCUT2D eigenvalue weighted by molar-refractivity contribution is 7.93. The number of hydrogen-bond acceptors (Lipinski definition) is 6. The average Bonchev–Trinajstić information content (AvgIpc) is 2.75. The van der Waals surface area contributed by atoms with Gasteiger partial charge in [0, 0.05) is 0 Å². The number of benzene rings is 2. The van der Waals surface area contributed by atoms with Gasteiger partial charge >= 0.3 is 11.9 Å². The zero-order valence-corrected chi connectivity index (χ0v) is 18.4. The zero-order chi connectivity index (χ0) is 22.7. The number of rotatable bonds is 10. The molecule has 0 saturated carbocycles. The van der Waals surface area contributed by atoms with Crippen LogP contribution in [0.2, 0.25) is 0 Å². The summed E-state index contributed by atoms with van der Waals surface area (Å²) >= 11 is 0. The van der Waals surface area contributed by atoms with E-state index in [1.807, 2.05) is 37.3 Å². The summed E-state index contributed by atoms with van der Waals surface area (Å²) in [7, 11) is -4.35. The van der Waals surface area contributed by atoms with E-state index in [1.54, 1.807) is 43.4 Å². The minimum atomic E-state index is -4.35. The Labute approximate surface area is 183 Å². The normalized spacial score (nSPS) is 12.7. The number of sulfone groups is 1. The molecule has 2 rings (SSSR count). The predicted molar refractivity (Wildman–Crippen MR) is 119 cm³/mol. The second-order valence-electron chi connectivity index (χ2n) is 6.69. The second-order valence-corrected chi connectivity index (χ2v) is 8.72. The molecule has 1 unspecified atom stereocenters. The van der Waals surface area contributed by atoms with Gasteiger partial charge in [-0.2, -0.15) is 0 Å². The molecule has 1 atom stereocenters. The molecule has 0 aliphatic heterocycles. The van der Waals surface area contributed by atoms with Crippen molar-refractivity contribution in [2.24, 2.45) is 0 Å². The fourth-order valence-corrected chi connectivity index (χ4v) is 4.04. The predicted octanol–water partition coefficient (Wildman–Crippen LogP) is 3.90. The standard InChI is InChI=1S/C24H26O6S/c1-3-4-8-17-29-23(25)22(31(27,28)21-15-13-19(2)14-16-21)24(26)30-18-9-12-20-10-6-5-7-11-20/h4-16,22H,3,17-18H2,1-2H3/b8-4+,12-9+. The van der Waals surface area contributed by atoms with Crippen LogP contribution in [0.3, 0.4) is 0 Å². The lowest BCUT2D eigenvalue weighted by molar-refractivity contribution is -0.152. The van der Waals surface area contributed by atoms with Crippen molar-refractivity contribution in [3.8, 4) is 0 Å². The van der Waals surface area contributed by atoms with Gasteiger partial charge in [0.2, 0.25) is 9.84 Å². The fraction of sp³-hybridized carbons (Fsp3) is 0.250. The van der Waals surface area contributed by atoms with Gasteiger partial charge in [0.05, 0.1) is 4.90 Å². The maximum absolute atomic E-state index is 13.0. The summed E-state index contributed by atoms with van der Waals surface area (Å²) < 4.78 is 36.2. The van der Waals surface area contributed by atoms with Gasteiger partial charge in [0.25, 0.3) is 5.25 Å². The molecule has 0 saturated heterocycles. The van der Waals surface area contributed by atoms with Gasteiger partial charge in [-0.25, -0.2) is 18.0 Å². The molecule has 7 heteroatoms. The van der Waals surface area contributed by atoms with Crippen LogP contribution in [0.5, 0.6) is 0 Å². The first-order valence-corrected chi connectivity index (χ1v) is 11.4. The molecule has 0 fully saturated rings. The molecular formula is C24H26O6S. The molecule has 164 valence electrons. The molecule has 0 heterocycles. The van der Waals surface area contributed by atoms with Gasteiger partial charge in [0.15, 0.2) is 0 Å². The van der Waals surface area contributed by atoms with Gasteiger partial charge in [-0.05, 0) is 37.1 Å². The fourth-order valence-electron chi connectivity index (χ4n) is 2.61. The molecule has 0 aliphatic rings. The van der Waals surface area contributed by atoms with Crippen LogP contribution < -0.4 is 0 Å². The zero-order valence-electron chi connectivity index (χ0n) is 17.6. The maximum Gasteiger partial charge on any atom is 0.336 e. The van der Waals surface area contributed by atoms with Crippen LogP contribution in [0, 0.1) is 6.92 Å². The molecule has 2 aromatic rings. The Morgan fingerprint density at radius 3 is 2.03 bits per heavy atom. The van der Waals surface area contributed by atoms with Crippen molar-refractivity contribution in [1.82, 2.24) is 0 Å². The highest BCUT2D eigenvalue weighted by Crippen LogP contribution is 2.19. The number of carbonyl (C=O) groups excluding carboxylic acids is 2. The monoisotopic (exact) mass is 442 g/mol. The number of hydrogen-bond donors (Lipinski definition) is 0. The van der Waals surface area contributed by atoms with Crippen molar-refractivity contribution in [1.29, 1.82) is 0 Å². The van der Waals surface area contributed by atoms with Gasteiger partial charge in [-0.15, -0.1) is 0 Å². The lowest BCUT2D eigenvalue weighted by atomic mass is 10.2. The summed E-state index contributed by atoms with van der Waals surface area (Å²) in [6, 6.07) is 15.2. The van der Waals surface area contributed by atoms with Gasteiger partial charge < -0.3 is 9.47 Å². The van der Waals surface area contributed by atoms with E-state index in [4.69, 9.17) is 9.47 Å². The van der Waals surface area contributed by atoms with E-state index in [1.165, 1.54) is 12.1 Å². The Morgan fingerprint density at radius 1 is 0.871 bits per heavy atom. The van der Waals surface area contributed by atoms with Crippen LogP contribution in [-0.2, 0) is 28.9 Å². The van der Waals surface area contributed by atoms with E-state index >= 15 is 0 Å². The summed E-state index contributed by atoms with van der Waals surface area (Å²) in [6.07, 6.45) is 7.38. The van der Waals surface area contributed by atoms with Crippen molar-refractivity contribution in [2.75, 3.05) is 13.2 Å². The van der Waals surface area contributed by atoms with E-state index in [-0.39, 0.29) is 18.1 Å². The van der Waals surface area contributed by atoms with Gasteiger partial charge in [-0.3, -0.25) is 0 Å². The molecule has 6 nitrogen and oxygen atoms in total. The summed E-state index contributed by atoms with van der Waals surface area (Å²) in [4.78, 5) is 25.0. The molecule has 0 bridgehead atoms. The van der Waals surface area contributed by atoms with E-state index in [2.05, 4.69) is 0 Å². The second kappa shape index (κ2) is 11.9. The number of aryl methyl sites for hydroxylation is 1. The number of esters is 2. The Bertz CT molecular complexity index is 1020. The third-order valence-corrected chi connectivity index (χ3v) is 6.18. The average molecular weight is 443 g/mol. The van der Waals surface area contributed by atoms with Crippen molar-refractivity contribution in [3.05, 3.63) is 84.0 Å². The quantitative estimate of drug-likeness (QED) is 0.315. The summed E-state index contributed by atoms with van der Waals surface area (Å²) in [5, 5.41) is -2.10. The highest BCUT2D eigenvalue weighted by atomic mass is 32.2. The minimum Gasteiger partial charge on any atom is -0.460 e. The number of carbonyl (C=O) groups is 2. The van der Waals surface area contributed by atoms with Crippen LogP contribution in [0.15, 0.2) is 77.7 Å². The lowest BCUT2D eigenvalue weighted by Gasteiger charge is -2.15. The maximum atomic E-state index is 13.0. The van der Waals surface area contributed by atoms with Crippen LogP contribution in [-0.4, -0.2) is 38.8 Å². The SMILES string of the molecule is CC/C=C/COC(=O)C(C(=O)OC/C=C/c1ccccc1)S(=O)(=O)c1ccc(C)cc1. The molecule has 0 aliphatic carbocycles. The first kappa shape index (κ1) is 24.1. The smallest absolute Gasteiger partial charge is 0.336 e. The largest absolute Gasteiger partial charge is 0.460 e. The first-order valence-electron chi connectivity index (χ1n) is 9.86.